The smallest absolute Gasteiger partial charge is 0.0706 e. The van der Waals surface area contributed by atoms with E-state index in [2.05, 4.69) is 64.4 Å². The van der Waals surface area contributed by atoms with Crippen molar-refractivity contribution >= 4 is 11.3 Å². The lowest BCUT2D eigenvalue weighted by Crippen LogP contribution is -2.44. The van der Waals surface area contributed by atoms with Crippen LogP contribution >= 0.6 is 0 Å². The molecule has 1 saturated heterocycles. The first-order valence-corrected chi connectivity index (χ1v) is 9.54. The zero-order valence-corrected chi connectivity index (χ0v) is 16.3. The van der Waals surface area contributed by atoms with Crippen molar-refractivity contribution in [2.24, 2.45) is 0 Å². The lowest BCUT2D eigenvalue weighted by Gasteiger charge is -2.36. The molecule has 0 bridgehead atoms. The van der Waals surface area contributed by atoms with Gasteiger partial charge in [-0.05, 0) is 50.1 Å². The molecule has 0 aromatic carbocycles. The number of hydrazine groups is 1. The fourth-order valence-corrected chi connectivity index (χ4v) is 3.62. The summed E-state index contributed by atoms with van der Waals surface area (Å²) in [4.78, 5) is 7.17. The van der Waals surface area contributed by atoms with Crippen LogP contribution in [-0.4, -0.2) is 54.7 Å². The third kappa shape index (κ3) is 4.34. The first-order valence-electron chi connectivity index (χ1n) is 9.54. The van der Waals surface area contributed by atoms with Crippen LogP contribution < -0.4 is 10.7 Å². The van der Waals surface area contributed by atoms with E-state index in [0.717, 1.165) is 35.6 Å². The van der Waals surface area contributed by atoms with Gasteiger partial charge in [0.15, 0.2) is 0 Å². The number of nitrogens with one attached hydrogen (secondary N) is 2. The summed E-state index contributed by atoms with van der Waals surface area (Å²) in [6, 6.07) is 4.74. The molecule has 0 aliphatic carbocycles. The van der Waals surface area contributed by atoms with E-state index in [1.807, 2.05) is 19.3 Å². The first-order chi connectivity index (χ1) is 12.6. The Bertz CT molecular complexity index is 689. The third-order valence-corrected chi connectivity index (χ3v) is 5.39. The molecule has 0 spiro atoms. The maximum absolute atomic E-state index is 4.60. The maximum atomic E-state index is 4.60. The molecule has 1 fully saturated rings. The minimum Gasteiger partial charge on any atom is -0.387 e. The highest BCUT2D eigenvalue weighted by molar-refractivity contribution is 5.80. The van der Waals surface area contributed by atoms with Gasteiger partial charge in [-0.3, -0.25) is 9.88 Å². The van der Waals surface area contributed by atoms with E-state index in [0.29, 0.717) is 6.04 Å². The molecule has 1 aromatic heterocycles. The molecule has 5 nitrogen and oxygen atoms in total. The lowest BCUT2D eigenvalue weighted by molar-refractivity contribution is 0.154. The third-order valence-electron chi connectivity index (χ3n) is 5.39. The summed E-state index contributed by atoms with van der Waals surface area (Å²) in [7, 11) is 3.99. The normalized spacial score (nSPS) is 26.3. The van der Waals surface area contributed by atoms with E-state index in [1.54, 1.807) is 0 Å². The summed E-state index contributed by atoms with van der Waals surface area (Å²) in [5.41, 5.74) is 8.80. The second-order valence-corrected chi connectivity index (χ2v) is 7.20. The molecule has 0 radical (unpaired) electrons. The Morgan fingerprint density at radius 2 is 2.19 bits per heavy atom. The molecule has 2 aliphatic heterocycles. The van der Waals surface area contributed by atoms with Gasteiger partial charge in [-0.25, -0.2) is 5.43 Å². The fourth-order valence-electron chi connectivity index (χ4n) is 3.62. The lowest BCUT2D eigenvalue weighted by atomic mass is 10.00. The Morgan fingerprint density at radius 3 is 2.88 bits per heavy atom. The van der Waals surface area contributed by atoms with Gasteiger partial charge in [0.2, 0.25) is 0 Å². The van der Waals surface area contributed by atoms with Crippen molar-refractivity contribution < 1.29 is 0 Å². The quantitative estimate of drug-likeness (QED) is 0.870. The van der Waals surface area contributed by atoms with Crippen LogP contribution in [0, 0.1) is 0 Å². The molecular weight excluding hydrogens is 322 g/mol. The SMILES string of the molecule is C=C1/C=C(/CN2CCCCC2C)N(C)NC/C=C\1c1ccc(NC)cn1. The van der Waals surface area contributed by atoms with Gasteiger partial charge in [0.05, 0.1) is 17.6 Å². The van der Waals surface area contributed by atoms with Crippen LogP contribution in [0.25, 0.3) is 5.57 Å². The van der Waals surface area contributed by atoms with Crippen molar-refractivity contribution in [1.29, 1.82) is 0 Å². The van der Waals surface area contributed by atoms with Crippen LogP contribution in [0.5, 0.6) is 0 Å². The number of aromatic nitrogens is 1. The van der Waals surface area contributed by atoms with Gasteiger partial charge >= 0.3 is 0 Å². The Balaban J connectivity index is 1.81. The number of likely N-dealkylation sites (N-methyl/N-ethyl adjacent to an activating group) is 1. The number of rotatable bonds is 4. The molecule has 1 unspecified atom stereocenters. The Kier molecular flexibility index (Phi) is 6.12. The summed E-state index contributed by atoms with van der Waals surface area (Å²) < 4.78 is 0. The van der Waals surface area contributed by atoms with Crippen LogP contribution in [0.2, 0.25) is 0 Å². The molecule has 2 aliphatic rings. The number of likely N-dealkylation sites (tertiary alicyclic amines) is 1. The topological polar surface area (TPSA) is 43.4 Å². The van der Waals surface area contributed by atoms with Crippen molar-refractivity contribution in [3.05, 3.63) is 54.0 Å². The standard InChI is InChI=1S/C21H31N5/c1-16-13-19(15-26-12-6-5-7-17(26)2)25(4)24-11-10-20(16)21-9-8-18(22-3)14-23-21/h8-10,13-14,17,22,24H,1,5-7,11-12,15H2,2-4H3/b19-13-,20-10+. The maximum Gasteiger partial charge on any atom is 0.0706 e. The molecule has 0 saturated carbocycles. The van der Waals surface area contributed by atoms with Crippen LogP contribution in [0.15, 0.2) is 48.3 Å². The zero-order valence-electron chi connectivity index (χ0n) is 16.3. The zero-order chi connectivity index (χ0) is 18.5. The second-order valence-electron chi connectivity index (χ2n) is 7.20. The average molecular weight is 354 g/mol. The number of anilines is 1. The molecule has 3 heterocycles. The van der Waals surface area contributed by atoms with Crippen LogP contribution in [0.3, 0.4) is 0 Å². The first kappa shape index (κ1) is 18.7. The van der Waals surface area contributed by atoms with Gasteiger partial charge in [0.1, 0.15) is 0 Å². The molecular formula is C21H31N5. The Labute approximate surface area is 157 Å². The van der Waals surface area contributed by atoms with E-state index in [1.165, 1.54) is 31.5 Å². The minimum atomic E-state index is 0.641. The number of hydrogen-bond donors (Lipinski definition) is 2. The number of hydrogen-bond acceptors (Lipinski definition) is 5. The minimum absolute atomic E-state index is 0.641. The largest absolute Gasteiger partial charge is 0.387 e. The predicted octanol–water partition coefficient (Wildman–Crippen LogP) is 3.27. The fraction of sp³-hybridized carbons (Fsp3) is 0.476. The summed E-state index contributed by atoms with van der Waals surface area (Å²) >= 11 is 0. The van der Waals surface area contributed by atoms with Crippen LogP contribution in [0.1, 0.15) is 31.9 Å². The molecule has 0 amide bonds. The summed E-state index contributed by atoms with van der Waals surface area (Å²) in [5, 5.41) is 5.25. The highest BCUT2D eigenvalue weighted by Gasteiger charge is 2.21. The van der Waals surface area contributed by atoms with Crippen molar-refractivity contribution in [2.75, 3.05) is 39.0 Å². The molecule has 1 aromatic rings. The molecule has 1 atom stereocenters. The van der Waals surface area contributed by atoms with E-state index < -0.39 is 0 Å². The van der Waals surface area contributed by atoms with E-state index in [4.69, 9.17) is 0 Å². The van der Waals surface area contributed by atoms with Gasteiger partial charge in [0, 0.05) is 44.5 Å². The number of piperidine rings is 1. The molecule has 26 heavy (non-hydrogen) atoms. The van der Waals surface area contributed by atoms with Crippen molar-refractivity contribution in [3.63, 3.8) is 0 Å². The molecule has 140 valence electrons. The van der Waals surface area contributed by atoms with Gasteiger partial charge in [-0.2, -0.15) is 0 Å². The Hall–Kier alpha value is -2.11. The number of pyridine rings is 1. The molecule has 2 N–H and O–H groups in total. The van der Waals surface area contributed by atoms with Crippen molar-refractivity contribution in [3.8, 4) is 0 Å². The van der Waals surface area contributed by atoms with Gasteiger partial charge in [0.25, 0.3) is 0 Å². The second kappa shape index (κ2) is 8.52. The molecule has 5 heteroatoms. The number of allylic oxidation sites excluding steroid dienone is 3. The van der Waals surface area contributed by atoms with E-state index >= 15 is 0 Å². The average Bonchev–Trinajstić information content (AvgIpc) is 2.65. The van der Waals surface area contributed by atoms with Gasteiger partial charge in [-0.15, -0.1) is 0 Å². The number of nitrogens with zero attached hydrogens (tertiary/aromatic N) is 3. The van der Waals surface area contributed by atoms with Crippen LogP contribution in [-0.2, 0) is 0 Å². The highest BCUT2D eigenvalue weighted by atomic mass is 15.5. The van der Waals surface area contributed by atoms with Crippen molar-refractivity contribution in [2.45, 2.75) is 32.2 Å². The monoisotopic (exact) mass is 353 g/mol. The summed E-state index contributed by atoms with van der Waals surface area (Å²) in [6.45, 7) is 9.56. The highest BCUT2D eigenvalue weighted by Crippen LogP contribution is 2.26. The summed E-state index contributed by atoms with van der Waals surface area (Å²) in [5.74, 6) is 0. The Morgan fingerprint density at radius 1 is 1.35 bits per heavy atom. The molecule has 3 rings (SSSR count). The predicted molar refractivity (Wildman–Crippen MR) is 110 cm³/mol. The van der Waals surface area contributed by atoms with E-state index in [9.17, 15) is 0 Å². The van der Waals surface area contributed by atoms with Gasteiger partial charge < -0.3 is 10.3 Å². The van der Waals surface area contributed by atoms with Gasteiger partial charge in [-0.1, -0.05) is 19.1 Å². The van der Waals surface area contributed by atoms with Crippen LogP contribution in [0.4, 0.5) is 5.69 Å². The summed E-state index contributed by atoms with van der Waals surface area (Å²) in [6.07, 6.45) is 10.2. The van der Waals surface area contributed by atoms with Crippen molar-refractivity contribution in [1.82, 2.24) is 20.3 Å². The van der Waals surface area contributed by atoms with E-state index in [-0.39, 0.29) is 0 Å².